The van der Waals surface area contributed by atoms with E-state index in [1.807, 2.05) is 52.4 Å². The van der Waals surface area contributed by atoms with Crippen LogP contribution in [0.5, 0.6) is 5.75 Å². The Hall–Kier alpha value is -3.28. The van der Waals surface area contributed by atoms with Crippen LogP contribution in [-0.2, 0) is 22.6 Å². The minimum Gasteiger partial charge on any atom is -0.497 e. The molecule has 0 bridgehead atoms. The molecule has 1 saturated carbocycles. The molecule has 1 fully saturated rings. The Morgan fingerprint density at radius 1 is 1.05 bits per heavy atom. The third-order valence-corrected chi connectivity index (χ3v) is 7.31. The molecular weight excluding hydrogens is 474 g/mol. The van der Waals surface area contributed by atoms with Gasteiger partial charge in [0.25, 0.3) is 0 Å². The molecule has 0 unspecified atom stereocenters. The summed E-state index contributed by atoms with van der Waals surface area (Å²) >= 11 is 0. The van der Waals surface area contributed by atoms with Crippen molar-refractivity contribution in [1.29, 1.82) is 0 Å². The van der Waals surface area contributed by atoms with E-state index in [0.29, 0.717) is 19.5 Å². The van der Waals surface area contributed by atoms with Gasteiger partial charge in [-0.3, -0.25) is 9.59 Å². The van der Waals surface area contributed by atoms with Crippen molar-refractivity contribution < 1.29 is 14.3 Å². The summed E-state index contributed by atoms with van der Waals surface area (Å²) in [5.41, 5.74) is 3.52. The van der Waals surface area contributed by atoms with Crippen LogP contribution in [0.3, 0.4) is 0 Å². The molecule has 3 aromatic rings. The third kappa shape index (κ3) is 7.62. The van der Waals surface area contributed by atoms with Crippen LogP contribution < -0.4 is 4.74 Å². The summed E-state index contributed by atoms with van der Waals surface area (Å²) in [6.45, 7) is 10.0. The molecule has 1 aliphatic rings. The van der Waals surface area contributed by atoms with Crippen LogP contribution >= 0.6 is 0 Å². The molecule has 0 radical (unpaired) electrons. The van der Waals surface area contributed by atoms with Gasteiger partial charge in [-0.05, 0) is 66.3 Å². The van der Waals surface area contributed by atoms with Crippen LogP contribution in [0.4, 0.5) is 0 Å². The fourth-order valence-electron chi connectivity index (χ4n) is 5.42. The summed E-state index contributed by atoms with van der Waals surface area (Å²) in [5, 5.41) is 1.19. The van der Waals surface area contributed by atoms with Crippen LogP contribution in [0.25, 0.3) is 10.9 Å². The highest BCUT2D eigenvalue weighted by Crippen LogP contribution is 2.31. The molecule has 1 N–H and O–H groups in total. The molecule has 1 heterocycles. The molecule has 0 spiro atoms. The Labute approximate surface area is 227 Å². The number of para-hydroxylation sites is 1. The number of amides is 2. The summed E-state index contributed by atoms with van der Waals surface area (Å²) in [4.78, 5) is 34.2. The van der Waals surface area contributed by atoms with E-state index >= 15 is 0 Å². The molecule has 1 aromatic heterocycles. The van der Waals surface area contributed by atoms with E-state index in [0.717, 1.165) is 42.5 Å². The van der Waals surface area contributed by atoms with Gasteiger partial charge in [-0.2, -0.15) is 0 Å². The van der Waals surface area contributed by atoms with Crippen molar-refractivity contribution in [1.82, 2.24) is 14.8 Å². The fraction of sp³-hybridized carbons (Fsp3) is 0.500. The van der Waals surface area contributed by atoms with E-state index in [4.69, 9.17) is 4.74 Å². The van der Waals surface area contributed by atoms with Crippen molar-refractivity contribution in [2.24, 2.45) is 11.3 Å². The Bertz CT molecular complexity index is 1220. The highest BCUT2D eigenvalue weighted by atomic mass is 16.5. The van der Waals surface area contributed by atoms with E-state index in [9.17, 15) is 9.59 Å². The number of fused-ring (bicyclic) bond motifs is 1. The van der Waals surface area contributed by atoms with Crippen molar-refractivity contribution >= 4 is 22.7 Å². The number of carbonyl (C=O) groups excluding carboxylic acids is 2. The monoisotopic (exact) mass is 517 g/mol. The zero-order valence-corrected chi connectivity index (χ0v) is 23.6. The van der Waals surface area contributed by atoms with Gasteiger partial charge in [0.15, 0.2) is 0 Å². The molecule has 6 nitrogen and oxygen atoms in total. The van der Waals surface area contributed by atoms with Gasteiger partial charge in [-0.25, -0.2) is 0 Å². The van der Waals surface area contributed by atoms with Gasteiger partial charge in [0.1, 0.15) is 12.3 Å². The average molecular weight is 518 g/mol. The van der Waals surface area contributed by atoms with Crippen LogP contribution in [0, 0.1) is 11.3 Å². The van der Waals surface area contributed by atoms with Crippen molar-refractivity contribution in [2.45, 2.75) is 72.4 Å². The van der Waals surface area contributed by atoms with Crippen LogP contribution in [-0.4, -0.2) is 52.8 Å². The van der Waals surface area contributed by atoms with E-state index in [2.05, 4.69) is 44.8 Å². The number of nitrogens with zero attached hydrogens (tertiary/aromatic N) is 2. The molecule has 2 amide bonds. The van der Waals surface area contributed by atoms with Crippen LogP contribution in [0.15, 0.2) is 54.7 Å². The van der Waals surface area contributed by atoms with Crippen molar-refractivity contribution in [3.63, 3.8) is 0 Å². The molecule has 38 heavy (non-hydrogen) atoms. The number of hydrogen-bond acceptors (Lipinski definition) is 3. The molecule has 204 valence electrons. The molecular formula is C32H43N3O3. The van der Waals surface area contributed by atoms with Gasteiger partial charge in [0.2, 0.25) is 11.8 Å². The molecule has 0 saturated heterocycles. The van der Waals surface area contributed by atoms with Gasteiger partial charge >= 0.3 is 0 Å². The maximum absolute atomic E-state index is 13.8. The number of H-pyrrole nitrogens is 1. The smallest absolute Gasteiger partial charge is 0.242 e. The highest BCUT2D eigenvalue weighted by Gasteiger charge is 2.35. The van der Waals surface area contributed by atoms with E-state index in [-0.39, 0.29) is 35.7 Å². The second-order valence-electron chi connectivity index (χ2n) is 12.1. The first kappa shape index (κ1) is 27.7. The van der Waals surface area contributed by atoms with Gasteiger partial charge in [-0.15, -0.1) is 0 Å². The normalized spacial score (nSPS) is 14.3. The third-order valence-electron chi connectivity index (χ3n) is 7.31. The van der Waals surface area contributed by atoms with Gasteiger partial charge in [0.05, 0.1) is 7.11 Å². The summed E-state index contributed by atoms with van der Waals surface area (Å²) < 4.78 is 5.30. The zero-order chi connectivity index (χ0) is 27.3. The molecule has 1 atom stereocenters. The van der Waals surface area contributed by atoms with Crippen LogP contribution in [0.1, 0.15) is 64.5 Å². The Morgan fingerprint density at radius 2 is 1.76 bits per heavy atom. The van der Waals surface area contributed by atoms with Crippen molar-refractivity contribution in [2.75, 3.05) is 20.2 Å². The lowest BCUT2D eigenvalue weighted by Crippen LogP contribution is -2.44. The zero-order valence-electron chi connectivity index (χ0n) is 23.6. The minimum atomic E-state index is 0.00406. The quantitative estimate of drug-likeness (QED) is 0.311. The first-order chi connectivity index (χ1) is 18.1. The molecule has 1 aliphatic carbocycles. The summed E-state index contributed by atoms with van der Waals surface area (Å²) in [5.74, 6) is 1.19. The number of aromatic nitrogens is 1. The number of rotatable bonds is 12. The first-order valence-electron chi connectivity index (χ1n) is 13.9. The predicted octanol–water partition coefficient (Wildman–Crippen LogP) is 6.20. The average Bonchev–Trinajstić information content (AvgIpc) is 3.63. The summed E-state index contributed by atoms with van der Waals surface area (Å²) in [7, 11) is 1.65. The van der Waals surface area contributed by atoms with E-state index in [1.54, 1.807) is 7.11 Å². The number of ether oxygens (including phenoxy) is 1. The van der Waals surface area contributed by atoms with Crippen LogP contribution in [0.2, 0.25) is 0 Å². The Kier molecular flexibility index (Phi) is 8.80. The lowest BCUT2D eigenvalue weighted by Gasteiger charge is -2.29. The molecule has 4 rings (SSSR count). The standard InChI is InChI=1S/C32H43N3O3/c1-23(19-32(2,3)4)18-30(36)35(26-12-13-26)22-31(37)34(21-24-10-14-27(38-5)15-11-24)17-16-25-20-33-29-9-7-6-8-28(25)29/h6-11,14-15,20,23,26,33H,12-13,16-19,21-22H2,1-5H3/t23-/m0/s1. The first-order valence-corrected chi connectivity index (χ1v) is 13.9. The van der Waals surface area contributed by atoms with Gasteiger partial charge < -0.3 is 19.5 Å². The maximum atomic E-state index is 13.8. The van der Waals surface area contributed by atoms with Crippen molar-refractivity contribution in [3.05, 3.63) is 65.9 Å². The van der Waals surface area contributed by atoms with Crippen molar-refractivity contribution in [3.8, 4) is 5.75 Å². The molecule has 0 aliphatic heterocycles. The predicted molar refractivity (Wildman–Crippen MR) is 153 cm³/mol. The highest BCUT2D eigenvalue weighted by molar-refractivity contribution is 5.86. The number of nitrogens with one attached hydrogen (secondary N) is 1. The SMILES string of the molecule is COc1ccc(CN(CCc2c[nH]c3ccccc23)C(=O)CN(C(=O)C[C@H](C)CC(C)(C)C)C2CC2)cc1. The maximum Gasteiger partial charge on any atom is 0.242 e. The molecule has 2 aromatic carbocycles. The fourth-order valence-corrected chi connectivity index (χ4v) is 5.42. The second kappa shape index (κ2) is 12.1. The van der Waals surface area contributed by atoms with Gasteiger partial charge in [-0.1, -0.05) is 58.0 Å². The topological polar surface area (TPSA) is 65.6 Å². The Morgan fingerprint density at radius 3 is 2.42 bits per heavy atom. The second-order valence-corrected chi connectivity index (χ2v) is 12.1. The Balaban J connectivity index is 1.47. The number of benzene rings is 2. The number of carbonyl (C=O) groups is 2. The minimum absolute atomic E-state index is 0.00406. The van der Waals surface area contributed by atoms with E-state index < -0.39 is 0 Å². The number of aromatic amines is 1. The largest absolute Gasteiger partial charge is 0.497 e. The number of hydrogen-bond donors (Lipinski definition) is 1. The number of methoxy groups -OCH3 is 1. The lowest BCUT2D eigenvalue weighted by atomic mass is 9.84. The van der Waals surface area contributed by atoms with Gasteiger partial charge in [0, 0.05) is 42.7 Å². The van der Waals surface area contributed by atoms with E-state index in [1.165, 1.54) is 10.9 Å². The molecule has 6 heteroatoms. The lowest BCUT2D eigenvalue weighted by molar-refractivity contribution is -0.142. The summed E-state index contributed by atoms with van der Waals surface area (Å²) in [6.07, 6.45) is 6.23. The summed E-state index contributed by atoms with van der Waals surface area (Å²) in [6, 6.07) is 16.3.